The van der Waals surface area contributed by atoms with E-state index in [9.17, 15) is 9.18 Å². The molecule has 3 rings (SSSR count). The van der Waals surface area contributed by atoms with Gasteiger partial charge in [0.2, 0.25) is 0 Å². The van der Waals surface area contributed by atoms with Crippen molar-refractivity contribution in [1.29, 1.82) is 0 Å². The van der Waals surface area contributed by atoms with Crippen molar-refractivity contribution in [2.75, 3.05) is 18.5 Å². The van der Waals surface area contributed by atoms with Gasteiger partial charge >= 0.3 is 5.97 Å². The van der Waals surface area contributed by atoms with Gasteiger partial charge in [0.15, 0.2) is 5.65 Å². The van der Waals surface area contributed by atoms with Crippen molar-refractivity contribution < 1.29 is 13.9 Å². The molecule has 1 N–H and O–H groups in total. The second kappa shape index (κ2) is 6.43. The molecule has 0 saturated carbocycles. The minimum absolute atomic E-state index is 0.00604. The van der Waals surface area contributed by atoms with Crippen molar-refractivity contribution in [3.8, 4) is 11.3 Å². The second-order valence-electron chi connectivity index (χ2n) is 4.80. The van der Waals surface area contributed by atoms with Crippen LogP contribution in [0.1, 0.15) is 6.92 Å². The summed E-state index contributed by atoms with van der Waals surface area (Å²) in [5.74, 6) is -0.788. The maximum atomic E-state index is 14.4. The highest BCUT2D eigenvalue weighted by atomic mass is 19.1. The monoisotopic (exact) mass is 314 g/mol. The number of fused-ring (bicyclic) bond motifs is 1. The number of anilines is 1. The molecule has 0 aliphatic carbocycles. The quantitative estimate of drug-likeness (QED) is 0.733. The van der Waals surface area contributed by atoms with E-state index < -0.39 is 5.82 Å². The highest BCUT2D eigenvalue weighted by Crippen LogP contribution is 2.25. The van der Waals surface area contributed by atoms with E-state index in [1.807, 2.05) is 0 Å². The van der Waals surface area contributed by atoms with Crippen LogP contribution in [0.5, 0.6) is 0 Å². The average Bonchev–Trinajstić information content (AvgIpc) is 2.97. The fraction of sp³-hybridized carbons (Fsp3) is 0.188. The smallest absolute Gasteiger partial charge is 0.325 e. The van der Waals surface area contributed by atoms with E-state index in [1.54, 1.807) is 48.2 Å². The Morgan fingerprint density at radius 1 is 1.39 bits per heavy atom. The van der Waals surface area contributed by atoms with Crippen molar-refractivity contribution in [3.05, 3.63) is 48.8 Å². The van der Waals surface area contributed by atoms with Crippen LogP contribution in [0.15, 0.2) is 43.0 Å². The lowest BCUT2D eigenvalue weighted by Gasteiger charge is -2.08. The van der Waals surface area contributed by atoms with Crippen LogP contribution in [0, 0.1) is 5.82 Å². The molecule has 0 saturated heterocycles. The lowest BCUT2D eigenvalue weighted by atomic mass is 10.1. The molecule has 2 aromatic heterocycles. The summed E-state index contributed by atoms with van der Waals surface area (Å²) < 4.78 is 21.0. The Morgan fingerprint density at radius 2 is 2.26 bits per heavy atom. The molecule has 6 nitrogen and oxygen atoms in total. The van der Waals surface area contributed by atoms with Crippen LogP contribution in [0.3, 0.4) is 0 Å². The Morgan fingerprint density at radius 3 is 3.04 bits per heavy atom. The molecule has 0 aliphatic rings. The number of esters is 1. The van der Waals surface area contributed by atoms with Crippen molar-refractivity contribution >= 4 is 17.3 Å². The topological polar surface area (TPSA) is 68.5 Å². The molecule has 0 bridgehead atoms. The van der Waals surface area contributed by atoms with E-state index in [1.165, 1.54) is 6.07 Å². The first-order chi connectivity index (χ1) is 11.2. The SMILES string of the molecule is CCOC(=O)CNc1ccc(-c2cnc3cnccn23)c(F)c1. The van der Waals surface area contributed by atoms with E-state index in [-0.39, 0.29) is 12.5 Å². The van der Waals surface area contributed by atoms with Gasteiger partial charge in [0, 0.05) is 23.6 Å². The molecule has 0 radical (unpaired) electrons. The maximum absolute atomic E-state index is 14.4. The van der Waals surface area contributed by atoms with Crippen molar-refractivity contribution in [1.82, 2.24) is 14.4 Å². The van der Waals surface area contributed by atoms with Crippen LogP contribution in [0.25, 0.3) is 16.9 Å². The zero-order valence-electron chi connectivity index (χ0n) is 12.5. The van der Waals surface area contributed by atoms with Gasteiger partial charge in [-0.15, -0.1) is 0 Å². The summed E-state index contributed by atoms with van der Waals surface area (Å²) >= 11 is 0. The van der Waals surface area contributed by atoms with Gasteiger partial charge in [0.1, 0.15) is 12.4 Å². The number of nitrogens with one attached hydrogen (secondary N) is 1. The zero-order chi connectivity index (χ0) is 16.2. The second-order valence-corrected chi connectivity index (χ2v) is 4.80. The third-order valence-electron chi connectivity index (χ3n) is 3.30. The van der Waals surface area contributed by atoms with Gasteiger partial charge in [-0.2, -0.15) is 0 Å². The fourth-order valence-electron chi connectivity index (χ4n) is 2.26. The Balaban J connectivity index is 1.83. The minimum Gasteiger partial charge on any atom is -0.465 e. The number of carbonyl (C=O) groups excluding carboxylic acids is 1. The molecular formula is C16H15FN4O2. The summed E-state index contributed by atoms with van der Waals surface area (Å²) in [4.78, 5) is 19.5. The minimum atomic E-state index is -0.405. The van der Waals surface area contributed by atoms with Gasteiger partial charge < -0.3 is 10.1 Å². The largest absolute Gasteiger partial charge is 0.465 e. The van der Waals surface area contributed by atoms with Crippen molar-refractivity contribution in [2.24, 2.45) is 0 Å². The van der Waals surface area contributed by atoms with Crippen LogP contribution in [-0.4, -0.2) is 33.5 Å². The van der Waals surface area contributed by atoms with E-state index in [2.05, 4.69) is 15.3 Å². The van der Waals surface area contributed by atoms with Gasteiger partial charge in [0.05, 0.1) is 24.7 Å². The van der Waals surface area contributed by atoms with E-state index in [0.29, 0.717) is 29.2 Å². The fourth-order valence-corrected chi connectivity index (χ4v) is 2.26. The van der Waals surface area contributed by atoms with Crippen LogP contribution in [0.2, 0.25) is 0 Å². The van der Waals surface area contributed by atoms with Gasteiger partial charge in [-0.3, -0.25) is 14.2 Å². The van der Waals surface area contributed by atoms with Crippen LogP contribution in [-0.2, 0) is 9.53 Å². The number of hydrogen-bond acceptors (Lipinski definition) is 5. The molecule has 0 fully saturated rings. The van der Waals surface area contributed by atoms with E-state index >= 15 is 0 Å². The molecular weight excluding hydrogens is 299 g/mol. The number of imidazole rings is 1. The molecule has 0 amide bonds. The molecule has 1 aromatic carbocycles. The summed E-state index contributed by atoms with van der Waals surface area (Å²) in [6, 6.07) is 4.69. The lowest BCUT2D eigenvalue weighted by molar-refractivity contribution is -0.140. The Bertz CT molecular complexity index is 847. The lowest BCUT2D eigenvalue weighted by Crippen LogP contribution is -2.16. The number of rotatable bonds is 5. The molecule has 0 aliphatic heterocycles. The summed E-state index contributed by atoms with van der Waals surface area (Å²) in [5, 5.41) is 2.83. The standard InChI is InChI=1S/C16H15FN4O2/c1-2-23-16(22)10-19-11-3-4-12(13(17)7-11)14-8-20-15-9-18-5-6-21(14)15/h3-9,19H,2,10H2,1H3. The van der Waals surface area contributed by atoms with Gasteiger partial charge in [0.25, 0.3) is 0 Å². The van der Waals surface area contributed by atoms with Crippen LogP contribution in [0.4, 0.5) is 10.1 Å². The molecule has 3 aromatic rings. The number of aromatic nitrogens is 3. The molecule has 7 heteroatoms. The zero-order valence-corrected chi connectivity index (χ0v) is 12.5. The van der Waals surface area contributed by atoms with Crippen molar-refractivity contribution in [3.63, 3.8) is 0 Å². The Kier molecular flexibility index (Phi) is 4.18. The third kappa shape index (κ3) is 3.13. The number of ether oxygens (including phenoxy) is 1. The third-order valence-corrected chi connectivity index (χ3v) is 3.30. The molecule has 118 valence electrons. The number of nitrogens with zero attached hydrogens (tertiary/aromatic N) is 3. The number of halogens is 1. The highest BCUT2D eigenvalue weighted by molar-refractivity contribution is 5.75. The molecule has 0 unspecified atom stereocenters. The summed E-state index contributed by atoms with van der Waals surface area (Å²) in [6.45, 7) is 2.04. The Hall–Kier alpha value is -2.96. The van der Waals surface area contributed by atoms with Crippen molar-refractivity contribution in [2.45, 2.75) is 6.92 Å². The molecule has 0 spiro atoms. The van der Waals surface area contributed by atoms with Crippen LogP contribution >= 0.6 is 0 Å². The van der Waals surface area contributed by atoms with Gasteiger partial charge in [-0.1, -0.05) is 0 Å². The predicted molar refractivity (Wildman–Crippen MR) is 83.5 cm³/mol. The molecule has 2 heterocycles. The first kappa shape index (κ1) is 15.0. The van der Waals surface area contributed by atoms with Gasteiger partial charge in [-0.05, 0) is 25.1 Å². The first-order valence-corrected chi connectivity index (χ1v) is 7.15. The van der Waals surface area contributed by atoms with Crippen LogP contribution < -0.4 is 5.32 Å². The Labute approximate surface area is 131 Å². The number of benzene rings is 1. The maximum Gasteiger partial charge on any atom is 0.325 e. The molecule has 0 atom stereocenters. The molecule has 23 heavy (non-hydrogen) atoms. The normalized spacial score (nSPS) is 10.7. The van der Waals surface area contributed by atoms with Gasteiger partial charge in [-0.25, -0.2) is 9.37 Å². The van der Waals surface area contributed by atoms with E-state index in [4.69, 9.17) is 4.74 Å². The summed E-state index contributed by atoms with van der Waals surface area (Å²) in [5.41, 5.74) is 2.21. The number of hydrogen-bond donors (Lipinski definition) is 1. The first-order valence-electron chi connectivity index (χ1n) is 7.15. The highest BCUT2D eigenvalue weighted by Gasteiger charge is 2.11. The number of carbonyl (C=O) groups is 1. The predicted octanol–water partition coefficient (Wildman–Crippen LogP) is 2.51. The summed E-state index contributed by atoms with van der Waals surface area (Å²) in [7, 11) is 0. The van der Waals surface area contributed by atoms with E-state index in [0.717, 1.165) is 0 Å². The summed E-state index contributed by atoms with van der Waals surface area (Å²) in [6.07, 6.45) is 6.55. The average molecular weight is 314 g/mol.